The zero-order valence-corrected chi connectivity index (χ0v) is 13.0. The van der Waals surface area contributed by atoms with Crippen LogP contribution in [0.5, 0.6) is 0 Å². The molecule has 0 spiro atoms. The van der Waals surface area contributed by atoms with Crippen LogP contribution in [0.15, 0.2) is 21.8 Å². The summed E-state index contributed by atoms with van der Waals surface area (Å²) in [7, 11) is 0. The number of rotatable bonds is 3. The number of aromatic nitrogens is 4. The Morgan fingerprint density at radius 3 is 2.58 bits per heavy atom. The van der Waals surface area contributed by atoms with Gasteiger partial charge in [0.1, 0.15) is 10.2 Å². The van der Waals surface area contributed by atoms with E-state index < -0.39 is 0 Å². The summed E-state index contributed by atoms with van der Waals surface area (Å²) in [6, 6.07) is 0.258. The number of imidazole rings is 1. The van der Waals surface area contributed by atoms with Crippen molar-refractivity contribution in [2.75, 3.05) is 0 Å². The van der Waals surface area contributed by atoms with Crippen molar-refractivity contribution in [3.63, 3.8) is 0 Å². The van der Waals surface area contributed by atoms with Crippen LogP contribution in [0.3, 0.4) is 0 Å². The molecule has 0 aliphatic carbocycles. The molecule has 2 aromatic rings. The van der Waals surface area contributed by atoms with Gasteiger partial charge in [-0.15, -0.1) is 0 Å². The van der Waals surface area contributed by atoms with Gasteiger partial charge in [0.2, 0.25) is 0 Å². The molecule has 2 rings (SSSR count). The first kappa shape index (κ1) is 14.0. The number of H-pyrrole nitrogens is 1. The van der Waals surface area contributed by atoms with E-state index >= 15 is 0 Å². The molecule has 2 aromatic heterocycles. The van der Waals surface area contributed by atoms with Crippen LogP contribution in [0.1, 0.15) is 45.3 Å². The molecule has 0 saturated heterocycles. The first-order valence-electron chi connectivity index (χ1n) is 6.23. The van der Waals surface area contributed by atoms with Gasteiger partial charge in [0.05, 0.1) is 18.2 Å². The predicted octanol–water partition coefficient (Wildman–Crippen LogP) is 3.10. The Balaban J connectivity index is 2.63. The maximum Gasteiger partial charge on any atom is 0.265 e. The lowest BCUT2D eigenvalue weighted by Crippen LogP contribution is -2.16. The van der Waals surface area contributed by atoms with Crippen LogP contribution in [-0.2, 0) is 0 Å². The molecular weight excluding hydrogens is 308 g/mol. The molecule has 0 fully saturated rings. The van der Waals surface area contributed by atoms with Crippen molar-refractivity contribution in [3.8, 4) is 11.5 Å². The number of nitrogens with zero attached hydrogens (tertiary/aromatic N) is 3. The lowest BCUT2D eigenvalue weighted by molar-refractivity contribution is 0.602. The molecule has 2 heterocycles. The third-order valence-corrected chi connectivity index (χ3v) is 3.67. The highest BCUT2D eigenvalue weighted by Crippen LogP contribution is 2.23. The summed E-state index contributed by atoms with van der Waals surface area (Å²) in [6.45, 7) is 8.14. The second-order valence-corrected chi connectivity index (χ2v) is 5.84. The van der Waals surface area contributed by atoms with E-state index in [1.54, 1.807) is 12.5 Å². The minimum absolute atomic E-state index is 0.162. The molecule has 0 radical (unpaired) electrons. The first-order chi connectivity index (χ1) is 8.91. The second-order valence-electron chi connectivity index (χ2n) is 5.05. The Morgan fingerprint density at radius 2 is 2.00 bits per heavy atom. The minimum atomic E-state index is -0.162. The number of halogens is 1. The number of hydrogen-bond donors (Lipinski definition) is 1. The lowest BCUT2D eigenvalue weighted by atomic mass is 10.1. The molecule has 0 bridgehead atoms. The average molecular weight is 325 g/mol. The molecule has 102 valence electrons. The van der Waals surface area contributed by atoms with Crippen molar-refractivity contribution in [1.82, 2.24) is 19.5 Å². The van der Waals surface area contributed by atoms with E-state index in [2.05, 4.69) is 44.7 Å². The second kappa shape index (κ2) is 5.28. The van der Waals surface area contributed by atoms with Crippen molar-refractivity contribution >= 4 is 15.9 Å². The summed E-state index contributed by atoms with van der Waals surface area (Å²) < 4.78 is 2.48. The highest BCUT2D eigenvalue weighted by atomic mass is 79.9. The van der Waals surface area contributed by atoms with Crippen LogP contribution in [0, 0.1) is 0 Å². The summed E-state index contributed by atoms with van der Waals surface area (Å²) in [5, 5.41) is 0. The normalized spacial score (nSPS) is 11.5. The third-order valence-electron chi connectivity index (χ3n) is 2.90. The van der Waals surface area contributed by atoms with Gasteiger partial charge in [-0.1, -0.05) is 13.8 Å². The van der Waals surface area contributed by atoms with Crippen molar-refractivity contribution < 1.29 is 0 Å². The fraction of sp³-hybridized carbons (Fsp3) is 0.462. The van der Waals surface area contributed by atoms with E-state index in [0.29, 0.717) is 10.3 Å². The maximum atomic E-state index is 12.0. The summed E-state index contributed by atoms with van der Waals surface area (Å²) in [5.74, 6) is 0.731. The van der Waals surface area contributed by atoms with E-state index in [9.17, 15) is 4.79 Å². The van der Waals surface area contributed by atoms with Gasteiger partial charge < -0.3 is 9.55 Å². The molecule has 5 nitrogen and oxygen atoms in total. The van der Waals surface area contributed by atoms with Gasteiger partial charge in [-0.3, -0.25) is 4.79 Å². The average Bonchev–Trinajstić information content (AvgIpc) is 2.81. The van der Waals surface area contributed by atoms with Crippen molar-refractivity contribution in [2.45, 2.75) is 39.7 Å². The molecule has 0 atom stereocenters. The predicted molar refractivity (Wildman–Crippen MR) is 78.3 cm³/mol. The molecule has 1 N–H and O–H groups in total. The van der Waals surface area contributed by atoms with Crippen molar-refractivity contribution in [2.24, 2.45) is 0 Å². The van der Waals surface area contributed by atoms with Gasteiger partial charge in [0.15, 0.2) is 5.82 Å². The standard InChI is InChI=1S/C13H17BrN4O/c1-7(2)11-10(14)13(19)17-12(16-11)9-5-15-6-18(9)8(3)4/h5-8H,1-4H3,(H,16,17,19). The molecule has 0 aliphatic heterocycles. The zero-order chi connectivity index (χ0) is 14.2. The quantitative estimate of drug-likeness (QED) is 0.943. The van der Waals surface area contributed by atoms with Gasteiger partial charge in [-0.05, 0) is 35.7 Å². The fourth-order valence-electron chi connectivity index (χ4n) is 1.88. The third kappa shape index (κ3) is 2.63. The van der Waals surface area contributed by atoms with Crippen LogP contribution in [0.4, 0.5) is 0 Å². The Hall–Kier alpha value is -1.43. The minimum Gasteiger partial charge on any atom is -0.326 e. The fourth-order valence-corrected chi connectivity index (χ4v) is 2.53. The highest BCUT2D eigenvalue weighted by Gasteiger charge is 2.16. The summed E-state index contributed by atoms with van der Waals surface area (Å²) in [5.41, 5.74) is 1.42. The van der Waals surface area contributed by atoms with E-state index in [0.717, 1.165) is 11.4 Å². The van der Waals surface area contributed by atoms with Crippen LogP contribution < -0.4 is 5.56 Å². The maximum absolute atomic E-state index is 12.0. The van der Waals surface area contributed by atoms with Crippen molar-refractivity contribution in [3.05, 3.63) is 33.0 Å². The number of aromatic amines is 1. The SMILES string of the molecule is CC(C)c1nc(-c2cncn2C(C)C)[nH]c(=O)c1Br. The van der Waals surface area contributed by atoms with Crippen LogP contribution >= 0.6 is 15.9 Å². The molecule has 19 heavy (non-hydrogen) atoms. The number of nitrogens with one attached hydrogen (secondary N) is 1. The van der Waals surface area contributed by atoms with Gasteiger partial charge in [-0.25, -0.2) is 9.97 Å². The summed E-state index contributed by atoms with van der Waals surface area (Å²) in [4.78, 5) is 23.5. The number of hydrogen-bond acceptors (Lipinski definition) is 3. The van der Waals surface area contributed by atoms with E-state index in [4.69, 9.17) is 0 Å². The van der Waals surface area contributed by atoms with Crippen LogP contribution in [0.2, 0.25) is 0 Å². The molecule has 0 saturated carbocycles. The zero-order valence-electron chi connectivity index (χ0n) is 11.4. The highest BCUT2D eigenvalue weighted by molar-refractivity contribution is 9.10. The van der Waals surface area contributed by atoms with Gasteiger partial charge in [0, 0.05) is 6.04 Å². The Labute approximate surface area is 120 Å². The Kier molecular flexibility index (Phi) is 3.89. The molecule has 6 heteroatoms. The van der Waals surface area contributed by atoms with Gasteiger partial charge in [0.25, 0.3) is 5.56 Å². The Morgan fingerprint density at radius 1 is 1.32 bits per heavy atom. The van der Waals surface area contributed by atoms with Gasteiger partial charge in [-0.2, -0.15) is 0 Å². The molecule has 0 aliphatic rings. The van der Waals surface area contributed by atoms with Crippen LogP contribution in [0.25, 0.3) is 11.5 Å². The first-order valence-corrected chi connectivity index (χ1v) is 7.03. The van der Waals surface area contributed by atoms with E-state index in [1.165, 1.54) is 0 Å². The Bertz CT molecular complexity index is 642. The smallest absolute Gasteiger partial charge is 0.265 e. The molecule has 0 amide bonds. The molecule has 0 unspecified atom stereocenters. The lowest BCUT2D eigenvalue weighted by Gasteiger charge is -2.13. The molecular formula is C13H17BrN4O. The van der Waals surface area contributed by atoms with E-state index in [1.807, 2.05) is 18.4 Å². The summed E-state index contributed by atoms with van der Waals surface area (Å²) in [6.07, 6.45) is 3.47. The van der Waals surface area contributed by atoms with Gasteiger partial charge >= 0.3 is 0 Å². The monoisotopic (exact) mass is 324 g/mol. The van der Waals surface area contributed by atoms with Crippen LogP contribution in [-0.4, -0.2) is 19.5 Å². The molecule has 0 aromatic carbocycles. The largest absolute Gasteiger partial charge is 0.326 e. The summed E-state index contributed by atoms with van der Waals surface area (Å²) >= 11 is 3.30. The van der Waals surface area contributed by atoms with E-state index in [-0.39, 0.29) is 17.5 Å². The topological polar surface area (TPSA) is 63.6 Å². The van der Waals surface area contributed by atoms with Crippen molar-refractivity contribution in [1.29, 1.82) is 0 Å².